The van der Waals surface area contributed by atoms with E-state index in [9.17, 15) is 9.59 Å². The third-order valence-electron chi connectivity index (χ3n) is 2.61. The molecule has 17 heavy (non-hydrogen) atoms. The molecule has 0 saturated carbocycles. The van der Waals surface area contributed by atoms with E-state index in [0.717, 1.165) is 11.1 Å². The lowest BCUT2D eigenvalue weighted by Crippen LogP contribution is -2.12. The molecule has 0 saturated heterocycles. The van der Waals surface area contributed by atoms with Crippen molar-refractivity contribution in [2.45, 2.75) is 6.92 Å². The van der Waals surface area contributed by atoms with Crippen molar-refractivity contribution in [3.05, 3.63) is 47.2 Å². The van der Waals surface area contributed by atoms with E-state index in [1.54, 1.807) is 31.2 Å². The van der Waals surface area contributed by atoms with Crippen LogP contribution in [0.5, 0.6) is 0 Å². The average Bonchev–Trinajstić information content (AvgIpc) is 2.77. The van der Waals surface area contributed by atoms with Crippen LogP contribution in [0, 0.1) is 6.92 Å². The summed E-state index contributed by atoms with van der Waals surface area (Å²) in [6.45, 7) is 1.79. The van der Waals surface area contributed by atoms with Crippen molar-refractivity contribution in [2.75, 3.05) is 0 Å². The number of amides is 1. The van der Waals surface area contributed by atoms with E-state index in [1.807, 2.05) is 6.07 Å². The summed E-state index contributed by atoms with van der Waals surface area (Å²) in [5.41, 5.74) is 7.22. The van der Waals surface area contributed by atoms with Gasteiger partial charge in [0, 0.05) is 11.1 Å². The summed E-state index contributed by atoms with van der Waals surface area (Å²) in [4.78, 5) is 21.7. The molecule has 0 aliphatic rings. The summed E-state index contributed by atoms with van der Waals surface area (Å²) in [5.74, 6) is 0.322. The van der Waals surface area contributed by atoms with Crippen LogP contribution in [-0.4, -0.2) is 12.2 Å². The van der Waals surface area contributed by atoms with E-state index < -0.39 is 5.91 Å². The number of rotatable bonds is 3. The second-order valence-corrected chi connectivity index (χ2v) is 3.66. The minimum Gasteiger partial charge on any atom is -0.453 e. The Balaban J connectivity index is 2.55. The molecule has 0 radical (unpaired) electrons. The number of hydrogen-bond acceptors (Lipinski definition) is 3. The van der Waals surface area contributed by atoms with Gasteiger partial charge in [0.1, 0.15) is 5.76 Å². The van der Waals surface area contributed by atoms with Crippen LogP contribution in [0.15, 0.2) is 34.7 Å². The topological polar surface area (TPSA) is 73.3 Å². The lowest BCUT2D eigenvalue weighted by atomic mass is 10.0. The fourth-order valence-electron chi connectivity index (χ4n) is 1.73. The first-order valence-electron chi connectivity index (χ1n) is 5.08. The van der Waals surface area contributed by atoms with E-state index in [0.29, 0.717) is 17.6 Å². The van der Waals surface area contributed by atoms with Gasteiger partial charge < -0.3 is 10.2 Å². The lowest BCUT2D eigenvalue weighted by molar-refractivity contribution is 0.0999. The third-order valence-corrected chi connectivity index (χ3v) is 2.61. The van der Waals surface area contributed by atoms with Gasteiger partial charge in [0.25, 0.3) is 0 Å². The standard InChI is InChI=1S/C13H11NO3/c1-8-10(3-2-4-11(8)13(14)16)12-6-5-9(7-15)17-12/h2-7H,1H3,(H2,14,16). The highest BCUT2D eigenvalue weighted by molar-refractivity contribution is 5.96. The Morgan fingerprint density at radius 3 is 2.65 bits per heavy atom. The zero-order valence-corrected chi connectivity index (χ0v) is 9.27. The van der Waals surface area contributed by atoms with Crippen molar-refractivity contribution in [2.24, 2.45) is 5.73 Å². The second kappa shape index (κ2) is 4.25. The van der Waals surface area contributed by atoms with Crippen LogP contribution in [0.3, 0.4) is 0 Å². The van der Waals surface area contributed by atoms with E-state index in [-0.39, 0.29) is 5.76 Å². The first kappa shape index (κ1) is 11.1. The molecule has 4 heteroatoms. The van der Waals surface area contributed by atoms with Gasteiger partial charge in [-0.2, -0.15) is 0 Å². The number of carbonyl (C=O) groups excluding carboxylic acids is 2. The van der Waals surface area contributed by atoms with Crippen LogP contribution < -0.4 is 5.73 Å². The van der Waals surface area contributed by atoms with Crippen molar-refractivity contribution < 1.29 is 14.0 Å². The van der Waals surface area contributed by atoms with Gasteiger partial charge in [-0.3, -0.25) is 9.59 Å². The smallest absolute Gasteiger partial charge is 0.248 e. The van der Waals surface area contributed by atoms with Crippen LogP contribution in [0.2, 0.25) is 0 Å². The number of carbonyl (C=O) groups is 2. The quantitative estimate of drug-likeness (QED) is 0.819. The molecule has 1 aromatic heterocycles. The molecule has 0 bridgehead atoms. The molecule has 1 aromatic carbocycles. The zero-order chi connectivity index (χ0) is 12.4. The highest BCUT2D eigenvalue weighted by Crippen LogP contribution is 2.26. The molecule has 2 N–H and O–H groups in total. The summed E-state index contributed by atoms with van der Waals surface area (Å²) in [6, 6.07) is 8.47. The molecular formula is C13H11NO3. The molecule has 1 amide bonds. The first-order chi connectivity index (χ1) is 8.13. The van der Waals surface area contributed by atoms with Crippen molar-refractivity contribution in [3.8, 4) is 11.3 Å². The van der Waals surface area contributed by atoms with Crippen molar-refractivity contribution in [1.82, 2.24) is 0 Å². The fourth-order valence-corrected chi connectivity index (χ4v) is 1.73. The lowest BCUT2D eigenvalue weighted by Gasteiger charge is -2.06. The van der Waals surface area contributed by atoms with Crippen molar-refractivity contribution >= 4 is 12.2 Å². The van der Waals surface area contributed by atoms with Gasteiger partial charge in [-0.1, -0.05) is 12.1 Å². The molecule has 0 atom stereocenters. The largest absolute Gasteiger partial charge is 0.453 e. The Kier molecular flexibility index (Phi) is 2.78. The van der Waals surface area contributed by atoms with E-state index in [4.69, 9.17) is 10.2 Å². The third kappa shape index (κ3) is 1.97. The minimum absolute atomic E-state index is 0.254. The zero-order valence-electron chi connectivity index (χ0n) is 9.27. The molecule has 2 aromatic rings. The van der Waals surface area contributed by atoms with Gasteiger partial charge in [-0.05, 0) is 30.7 Å². The van der Waals surface area contributed by atoms with Gasteiger partial charge >= 0.3 is 0 Å². The van der Waals surface area contributed by atoms with Crippen LogP contribution >= 0.6 is 0 Å². The summed E-state index contributed by atoms with van der Waals surface area (Å²) < 4.78 is 5.31. The summed E-state index contributed by atoms with van der Waals surface area (Å²) >= 11 is 0. The Hall–Kier alpha value is -2.36. The Labute approximate surface area is 98.0 Å². The first-order valence-corrected chi connectivity index (χ1v) is 5.08. The average molecular weight is 229 g/mol. The number of aldehydes is 1. The number of nitrogens with two attached hydrogens (primary N) is 1. The molecule has 1 heterocycles. The molecule has 0 fully saturated rings. The van der Waals surface area contributed by atoms with E-state index in [2.05, 4.69) is 0 Å². The summed E-state index contributed by atoms with van der Waals surface area (Å²) in [6.07, 6.45) is 0.636. The van der Waals surface area contributed by atoms with Gasteiger partial charge in [0.2, 0.25) is 5.91 Å². The molecule has 86 valence electrons. The van der Waals surface area contributed by atoms with Crippen LogP contribution in [0.25, 0.3) is 11.3 Å². The normalized spacial score (nSPS) is 10.2. The predicted molar refractivity (Wildman–Crippen MR) is 62.8 cm³/mol. The summed E-state index contributed by atoms with van der Waals surface area (Å²) in [7, 11) is 0. The van der Waals surface area contributed by atoms with E-state index in [1.165, 1.54) is 0 Å². The molecule has 0 aliphatic heterocycles. The highest BCUT2D eigenvalue weighted by atomic mass is 16.3. The minimum atomic E-state index is -0.480. The monoisotopic (exact) mass is 229 g/mol. The maximum atomic E-state index is 11.2. The van der Waals surface area contributed by atoms with Crippen molar-refractivity contribution in [3.63, 3.8) is 0 Å². The fraction of sp³-hybridized carbons (Fsp3) is 0.0769. The van der Waals surface area contributed by atoms with Crippen LogP contribution in [0.1, 0.15) is 26.5 Å². The predicted octanol–water partition coefficient (Wildman–Crippen LogP) is 2.17. The molecular weight excluding hydrogens is 218 g/mol. The maximum absolute atomic E-state index is 11.2. The molecule has 4 nitrogen and oxygen atoms in total. The SMILES string of the molecule is Cc1c(C(N)=O)cccc1-c1ccc(C=O)o1. The molecule has 0 aliphatic carbocycles. The summed E-state index contributed by atoms with van der Waals surface area (Å²) in [5, 5.41) is 0. The Bertz CT molecular complexity index is 584. The Morgan fingerprint density at radius 2 is 2.06 bits per heavy atom. The van der Waals surface area contributed by atoms with Crippen LogP contribution in [-0.2, 0) is 0 Å². The highest BCUT2D eigenvalue weighted by Gasteiger charge is 2.12. The van der Waals surface area contributed by atoms with Crippen molar-refractivity contribution in [1.29, 1.82) is 0 Å². The molecule has 0 spiro atoms. The molecule has 0 unspecified atom stereocenters. The van der Waals surface area contributed by atoms with Crippen LogP contribution in [0.4, 0.5) is 0 Å². The van der Waals surface area contributed by atoms with Gasteiger partial charge in [-0.15, -0.1) is 0 Å². The maximum Gasteiger partial charge on any atom is 0.248 e. The number of benzene rings is 1. The Morgan fingerprint density at radius 1 is 1.29 bits per heavy atom. The van der Waals surface area contributed by atoms with Gasteiger partial charge in [-0.25, -0.2) is 0 Å². The number of hydrogen-bond donors (Lipinski definition) is 1. The number of furan rings is 1. The molecule has 2 rings (SSSR count). The van der Waals surface area contributed by atoms with E-state index >= 15 is 0 Å². The van der Waals surface area contributed by atoms with Gasteiger partial charge in [0.05, 0.1) is 0 Å². The number of primary amides is 1. The van der Waals surface area contributed by atoms with Gasteiger partial charge in [0.15, 0.2) is 12.0 Å². The second-order valence-electron chi connectivity index (χ2n) is 3.66.